The molecular weight excluding hydrogens is 323 g/mol. The zero-order chi connectivity index (χ0) is 18.5. The third kappa shape index (κ3) is 5.18. The topological polar surface area (TPSA) is 67.4 Å². The molecule has 25 heavy (non-hydrogen) atoms. The van der Waals surface area contributed by atoms with Crippen molar-refractivity contribution < 1.29 is 18.7 Å². The van der Waals surface area contributed by atoms with Crippen molar-refractivity contribution in [2.24, 2.45) is 0 Å². The molecule has 2 amide bonds. The molecule has 0 radical (unpaired) electrons. The fourth-order valence-electron chi connectivity index (χ4n) is 2.93. The van der Waals surface area contributed by atoms with Crippen molar-refractivity contribution >= 4 is 12.0 Å². The number of ether oxygens (including phenoxy) is 1. The normalized spacial score (nSPS) is 15.8. The Bertz CT molecular complexity index is 621. The minimum absolute atomic E-state index is 0.0679. The van der Waals surface area contributed by atoms with Gasteiger partial charge in [0.25, 0.3) is 0 Å². The lowest BCUT2D eigenvalue weighted by atomic mass is 9.64. The quantitative estimate of drug-likeness (QED) is 0.774. The summed E-state index contributed by atoms with van der Waals surface area (Å²) in [7, 11) is 0. The highest BCUT2D eigenvalue weighted by Crippen LogP contribution is 2.44. The van der Waals surface area contributed by atoms with E-state index in [-0.39, 0.29) is 11.7 Å². The van der Waals surface area contributed by atoms with Crippen LogP contribution in [0.25, 0.3) is 0 Å². The Morgan fingerprint density at radius 3 is 2.44 bits per heavy atom. The smallest absolute Gasteiger partial charge is 0.407 e. The van der Waals surface area contributed by atoms with Crippen LogP contribution in [0.3, 0.4) is 0 Å². The molecule has 0 bridgehead atoms. The van der Waals surface area contributed by atoms with Crippen molar-refractivity contribution in [3.8, 4) is 0 Å². The zero-order valence-corrected chi connectivity index (χ0v) is 15.2. The van der Waals surface area contributed by atoms with Gasteiger partial charge in [0, 0.05) is 13.1 Å². The van der Waals surface area contributed by atoms with Crippen molar-refractivity contribution in [1.29, 1.82) is 0 Å². The first kappa shape index (κ1) is 19.2. The average Bonchev–Trinajstić information content (AvgIpc) is 2.44. The van der Waals surface area contributed by atoms with E-state index in [1.54, 1.807) is 26.8 Å². The van der Waals surface area contributed by atoms with Crippen LogP contribution in [0.5, 0.6) is 0 Å². The minimum Gasteiger partial charge on any atom is -0.444 e. The number of hydrogen-bond acceptors (Lipinski definition) is 3. The standard InChI is InChI=1S/C19H27FN2O3/c1-18(2,3)25-17(24)22-12-6-11-21-16(23)19(9-5-10-19)14-7-4-8-15(20)13-14/h4,7-8,13H,5-6,9-12H2,1-3H3,(H,21,23)(H,22,24). The molecule has 0 unspecified atom stereocenters. The second kappa shape index (κ2) is 7.85. The number of carbonyl (C=O) groups is 2. The Hall–Kier alpha value is -2.11. The number of alkyl carbamates (subject to hydrolysis) is 1. The van der Waals surface area contributed by atoms with Crippen LogP contribution < -0.4 is 10.6 Å². The van der Waals surface area contributed by atoms with Gasteiger partial charge in [-0.2, -0.15) is 0 Å². The lowest BCUT2D eigenvalue weighted by molar-refractivity contribution is -0.129. The molecule has 2 N–H and O–H groups in total. The Morgan fingerprint density at radius 1 is 1.20 bits per heavy atom. The summed E-state index contributed by atoms with van der Waals surface area (Å²) in [4.78, 5) is 24.1. The van der Waals surface area contributed by atoms with Crippen LogP contribution in [0.15, 0.2) is 24.3 Å². The van der Waals surface area contributed by atoms with Crippen molar-refractivity contribution in [1.82, 2.24) is 10.6 Å². The van der Waals surface area contributed by atoms with Crippen LogP contribution >= 0.6 is 0 Å². The SMILES string of the molecule is CC(C)(C)OC(=O)NCCCNC(=O)C1(c2cccc(F)c2)CCC1. The van der Waals surface area contributed by atoms with Gasteiger partial charge in [-0.3, -0.25) is 4.79 Å². The van der Waals surface area contributed by atoms with Gasteiger partial charge in [0.1, 0.15) is 11.4 Å². The lowest BCUT2D eigenvalue weighted by Gasteiger charge is -2.40. The molecule has 5 nitrogen and oxygen atoms in total. The third-order valence-corrected chi connectivity index (χ3v) is 4.33. The molecule has 1 fully saturated rings. The highest BCUT2D eigenvalue weighted by Gasteiger charge is 2.45. The predicted molar refractivity (Wildman–Crippen MR) is 93.8 cm³/mol. The summed E-state index contributed by atoms with van der Waals surface area (Å²) in [6.45, 7) is 6.28. The highest BCUT2D eigenvalue weighted by molar-refractivity contribution is 5.89. The van der Waals surface area contributed by atoms with Crippen molar-refractivity contribution in [3.05, 3.63) is 35.6 Å². The summed E-state index contributed by atoms with van der Waals surface area (Å²) < 4.78 is 18.6. The van der Waals surface area contributed by atoms with Gasteiger partial charge in [-0.15, -0.1) is 0 Å². The first-order chi connectivity index (χ1) is 11.7. The number of carbonyl (C=O) groups excluding carboxylic acids is 2. The van der Waals surface area contributed by atoms with E-state index < -0.39 is 17.1 Å². The predicted octanol–water partition coefficient (Wildman–Crippen LogP) is 3.28. The van der Waals surface area contributed by atoms with Gasteiger partial charge in [0.2, 0.25) is 5.91 Å². The highest BCUT2D eigenvalue weighted by atomic mass is 19.1. The molecule has 0 atom stereocenters. The van der Waals surface area contributed by atoms with Gasteiger partial charge >= 0.3 is 6.09 Å². The zero-order valence-electron chi connectivity index (χ0n) is 15.2. The number of amides is 2. The summed E-state index contributed by atoms with van der Waals surface area (Å²) >= 11 is 0. The summed E-state index contributed by atoms with van der Waals surface area (Å²) in [5, 5.41) is 5.57. The van der Waals surface area contributed by atoms with Gasteiger partial charge < -0.3 is 15.4 Å². The van der Waals surface area contributed by atoms with Crippen LogP contribution in [-0.2, 0) is 14.9 Å². The average molecular weight is 350 g/mol. The molecule has 0 spiro atoms. The summed E-state index contributed by atoms with van der Waals surface area (Å²) in [5.74, 6) is -0.389. The van der Waals surface area contributed by atoms with Crippen molar-refractivity contribution in [3.63, 3.8) is 0 Å². The maximum absolute atomic E-state index is 13.5. The van der Waals surface area contributed by atoms with E-state index in [1.807, 2.05) is 6.07 Å². The molecule has 2 rings (SSSR count). The van der Waals surface area contributed by atoms with Crippen molar-refractivity contribution in [2.45, 2.75) is 57.5 Å². The van der Waals surface area contributed by atoms with Gasteiger partial charge in [0.15, 0.2) is 0 Å². The largest absolute Gasteiger partial charge is 0.444 e. The van der Waals surface area contributed by atoms with Crippen LogP contribution in [0, 0.1) is 5.82 Å². The monoisotopic (exact) mass is 350 g/mol. The number of halogens is 1. The number of benzene rings is 1. The minimum atomic E-state index is -0.610. The van der Waals surface area contributed by atoms with E-state index in [4.69, 9.17) is 4.74 Å². The second-order valence-electron chi connectivity index (χ2n) is 7.48. The number of hydrogen-bond donors (Lipinski definition) is 2. The third-order valence-electron chi connectivity index (χ3n) is 4.33. The molecule has 0 heterocycles. The van der Waals surface area contributed by atoms with Gasteiger partial charge in [-0.05, 0) is 57.7 Å². The molecule has 138 valence electrons. The fraction of sp³-hybridized carbons (Fsp3) is 0.579. The molecule has 1 aromatic rings. The summed E-state index contributed by atoms with van der Waals surface area (Å²) in [5.41, 5.74) is -0.399. The molecule has 0 aliphatic heterocycles. The van der Waals surface area contributed by atoms with Gasteiger partial charge in [-0.25, -0.2) is 9.18 Å². The van der Waals surface area contributed by atoms with Crippen LogP contribution in [0.2, 0.25) is 0 Å². The Labute approximate surface area is 148 Å². The number of nitrogens with one attached hydrogen (secondary N) is 2. The van der Waals surface area contributed by atoms with Crippen molar-refractivity contribution in [2.75, 3.05) is 13.1 Å². The maximum atomic E-state index is 13.5. The Morgan fingerprint density at radius 2 is 1.88 bits per heavy atom. The first-order valence-corrected chi connectivity index (χ1v) is 8.74. The summed E-state index contributed by atoms with van der Waals surface area (Å²) in [6, 6.07) is 6.29. The van der Waals surface area contributed by atoms with Crippen LogP contribution in [0.1, 0.15) is 52.0 Å². The van der Waals surface area contributed by atoms with E-state index in [1.165, 1.54) is 12.1 Å². The van der Waals surface area contributed by atoms with Crippen LogP contribution in [-0.4, -0.2) is 30.7 Å². The maximum Gasteiger partial charge on any atom is 0.407 e. The Balaban J connectivity index is 1.77. The van der Waals surface area contributed by atoms with E-state index >= 15 is 0 Å². The van der Waals surface area contributed by atoms with Gasteiger partial charge in [-0.1, -0.05) is 18.6 Å². The molecule has 6 heteroatoms. The van der Waals surface area contributed by atoms with Gasteiger partial charge in [0.05, 0.1) is 5.41 Å². The Kier molecular flexibility index (Phi) is 6.03. The molecule has 1 aromatic carbocycles. The fourth-order valence-corrected chi connectivity index (χ4v) is 2.93. The molecule has 1 saturated carbocycles. The molecule has 0 aromatic heterocycles. The molecule has 1 aliphatic rings. The molecule has 1 aliphatic carbocycles. The lowest BCUT2D eigenvalue weighted by Crippen LogP contribution is -2.49. The first-order valence-electron chi connectivity index (χ1n) is 8.74. The van der Waals surface area contributed by atoms with E-state index in [2.05, 4.69) is 10.6 Å². The van der Waals surface area contributed by atoms with E-state index in [9.17, 15) is 14.0 Å². The van der Waals surface area contributed by atoms with E-state index in [0.29, 0.717) is 19.5 Å². The second-order valence-corrected chi connectivity index (χ2v) is 7.48. The molecular formula is C19H27FN2O3. The van der Waals surface area contributed by atoms with E-state index in [0.717, 1.165) is 24.8 Å². The number of rotatable bonds is 6. The van der Waals surface area contributed by atoms with Crippen LogP contribution in [0.4, 0.5) is 9.18 Å². The summed E-state index contributed by atoms with van der Waals surface area (Å²) in [6.07, 6.45) is 2.57. The molecule has 0 saturated heterocycles.